The summed E-state index contributed by atoms with van der Waals surface area (Å²) in [6.45, 7) is 4.50. The van der Waals surface area contributed by atoms with Crippen LogP contribution in [0.2, 0.25) is 0 Å². The maximum Gasteiger partial charge on any atom is 0.256 e. The predicted octanol–water partition coefficient (Wildman–Crippen LogP) is 3.50. The molecule has 0 radical (unpaired) electrons. The molecule has 1 amide bonds. The van der Waals surface area contributed by atoms with Crippen LogP contribution >= 0.6 is 0 Å². The van der Waals surface area contributed by atoms with E-state index < -0.39 is 0 Å². The summed E-state index contributed by atoms with van der Waals surface area (Å²) >= 11 is 0. The first-order valence-corrected chi connectivity index (χ1v) is 12.5. The molecular formula is C26H32N10O. The van der Waals surface area contributed by atoms with Crippen molar-refractivity contribution in [3.05, 3.63) is 54.4 Å². The molecule has 4 aromatic rings. The zero-order chi connectivity index (χ0) is 25.8. The SMILES string of the molecule is CCNC(=O)c1cnc(Nc2ccc3c(cnn3C)c2)nc1Nc1cccc(NC2CCN(C)CC2)n1. The van der Waals surface area contributed by atoms with Crippen LogP contribution in [0, 0.1) is 0 Å². The molecule has 0 unspecified atom stereocenters. The average Bonchev–Trinajstić information content (AvgIpc) is 3.26. The van der Waals surface area contributed by atoms with E-state index in [2.05, 4.69) is 48.3 Å². The third kappa shape index (κ3) is 5.78. The number of nitrogens with one attached hydrogen (secondary N) is 4. The standard InChI is InChI=1S/C26H32N10O/c1-4-27-25(37)20-16-28-26(31-19-8-9-21-17(14-19)15-29-36(21)3)34-24(20)33-23-7-5-6-22(32-23)30-18-10-12-35(2)13-11-18/h5-9,14-16,18H,4,10-13H2,1-3H3,(H,27,37)(H3,28,30,31,32,33,34). The maximum atomic E-state index is 12.7. The second-order valence-corrected chi connectivity index (χ2v) is 9.24. The number of amides is 1. The lowest BCUT2D eigenvalue weighted by molar-refractivity contribution is 0.0956. The summed E-state index contributed by atoms with van der Waals surface area (Å²) in [6.07, 6.45) is 5.47. The minimum atomic E-state index is -0.256. The van der Waals surface area contributed by atoms with Gasteiger partial charge in [-0.2, -0.15) is 10.1 Å². The highest BCUT2D eigenvalue weighted by atomic mass is 16.1. The highest BCUT2D eigenvalue weighted by Gasteiger charge is 2.18. The Morgan fingerprint density at radius 3 is 2.65 bits per heavy atom. The molecule has 1 aliphatic rings. The van der Waals surface area contributed by atoms with E-state index in [-0.39, 0.29) is 5.91 Å². The van der Waals surface area contributed by atoms with Crippen LogP contribution in [0.5, 0.6) is 0 Å². The van der Waals surface area contributed by atoms with Gasteiger partial charge >= 0.3 is 0 Å². The molecule has 37 heavy (non-hydrogen) atoms. The van der Waals surface area contributed by atoms with Gasteiger partial charge < -0.3 is 26.2 Å². The highest BCUT2D eigenvalue weighted by molar-refractivity contribution is 5.99. The number of carbonyl (C=O) groups excluding carboxylic acids is 1. The van der Waals surface area contributed by atoms with Crippen molar-refractivity contribution in [1.82, 2.24) is 34.9 Å². The van der Waals surface area contributed by atoms with E-state index in [4.69, 9.17) is 4.98 Å². The number of nitrogens with zero attached hydrogens (tertiary/aromatic N) is 6. The fraction of sp³-hybridized carbons (Fsp3) is 0.346. The molecule has 1 aromatic carbocycles. The molecule has 192 valence electrons. The van der Waals surface area contributed by atoms with Gasteiger partial charge in [-0.25, -0.2) is 9.97 Å². The van der Waals surface area contributed by atoms with Gasteiger partial charge in [-0.05, 0) is 70.2 Å². The van der Waals surface area contributed by atoms with Crippen LogP contribution in [-0.4, -0.2) is 68.3 Å². The van der Waals surface area contributed by atoms with Crippen molar-refractivity contribution in [3.8, 4) is 0 Å². The Morgan fingerprint density at radius 1 is 1.03 bits per heavy atom. The first-order valence-electron chi connectivity index (χ1n) is 12.5. The second kappa shape index (κ2) is 10.8. The number of carbonyl (C=O) groups is 1. The lowest BCUT2D eigenvalue weighted by Gasteiger charge is -2.29. The molecule has 1 fully saturated rings. The van der Waals surface area contributed by atoms with Gasteiger partial charge in [0.25, 0.3) is 5.91 Å². The quantitative estimate of drug-likeness (QED) is 0.288. The third-order valence-electron chi connectivity index (χ3n) is 6.44. The van der Waals surface area contributed by atoms with E-state index in [9.17, 15) is 4.79 Å². The van der Waals surface area contributed by atoms with Gasteiger partial charge in [0.15, 0.2) is 0 Å². The van der Waals surface area contributed by atoms with Crippen molar-refractivity contribution in [2.24, 2.45) is 7.05 Å². The highest BCUT2D eigenvalue weighted by Crippen LogP contribution is 2.24. The Bertz CT molecular complexity index is 1390. The van der Waals surface area contributed by atoms with Gasteiger partial charge in [0.1, 0.15) is 23.0 Å². The molecule has 0 aliphatic carbocycles. The number of pyridine rings is 1. The Hall–Kier alpha value is -4.25. The number of rotatable bonds is 8. The summed E-state index contributed by atoms with van der Waals surface area (Å²) in [4.78, 5) is 28.8. The van der Waals surface area contributed by atoms with Gasteiger partial charge in [0.05, 0.1) is 11.7 Å². The number of benzene rings is 1. The third-order valence-corrected chi connectivity index (χ3v) is 6.44. The Morgan fingerprint density at radius 2 is 1.84 bits per heavy atom. The minimum Gasteiger partial charge on any atom is -0.367 e. The van der Waals surface area contributed by atoms with Crippen LogP contribution < -0.4 is 21.3 Å². The zero-order valence-corrected chi connectivity index (χ0v) is 21.3. The average molecular weight is 501 g/mol. The Labute approximate surface area is 215 Å². The summed E-state index contributed by atoms with van der Waals surface area (Å²) in [7, 11) is 4.05. The summed E-state index contributed by atoms with van der Waals surface area (Å²) in [5.41, 5.74) is 2.19. The largest absolute Gasteiger partial charge is 0.367 e. The topological polar surface area (TPSA) is 125 Å². The zero-order valence-electron chi connectivity index (χ0n) is 21.3. The molecule has 1 aliphatic heterocycles. The molecule has 0 saturated carbocycles. The van der Waals surface area contributed by atoms with Gasteiger partial charge in [-0.1, -0.05) is 6.07 Å². The molecule has 3 aromatic heterocycles. The molecule has 5 rings (SSSR count). The van der Waals surface area contributed by atoms with E-state index in [1.807, 2.05) is 61.2 Å². The maximum absolute atomic E-state index is 12.7. The first-order chi connectivity index (χ1) is 18.0. The van der Waals surface area contributed by atoms with E-state index in [0.717, 1.165) is 48.3 Å². The van der Waals surface area contributed by atoms with Crippen LogP contribution in [0.25, 0.3) is 10.9 Å². The van der Waals surface area contributed by atoms with Crippen molar-refractivity contribution in [2.75, 3.05) is 42.6 Å². The van der Waals surface area contributed by atoms with Crippen molar-refractivity contribution in [2.45, 2.75) is 25.8 Å². The fourth-order valence-electron chi connectivity index (χ4n) is 4.40. The van der Waals surface area contributed by atoms with Crippen LogP contribution in [-0.2, 0) is 7.05 Å². The van der Waals surface area contributed by atoms with Gasteiger partial charge in [-0.3, -0.25) is 9.48 Å². The summed E-state index contributed by atoms with van der Waals surface area (Å²) < 4.78 is 1.82. The number of fused-ring (bicyclic) bond motifs is 1. The van der Waals surface area contributed by atoms with Gasteiger partial charge in [0.2, 0.25) is 5.95 Å². The summed E-state index contributed by atoms with van der Waals surface area (Å²) in [5.74, 6) is 1.85. The first kappa shape index (κ1) is 24.4. The molecule has 4 N–H and O–H groups in total. The summed E-state index contributed by atoms with van der Waals surface area (Å²) in [5, 5.41) is 18.1. The number of piperidine rings is 1. The Kier molecular flexibility index (Phi) is 7.13. The molecule has 0 spiro atoms. The van der Waals surface area contributed by atoms with E-state index in [1.54, 1.807) is 0 Å². The molecule has 1 saturated heterocycles. The predicted molar refractivity (Wildman–Crippen MR) is 146 cm³/mol. The van der Waals surface area contributed by atoms with Gasteiger partial charge in [-0.15, -0.1) is 0 Å². The number of likely N-dealkylation sites (tertiary alicyclic amines) is 1. The van der Waals surface area contributed by atoms with Gasteiger partial charge in [0, 0.05) is 36.9 Å². The molecule has 11 nitrogen and oxygen atoms in total. The number of aromatic nitrogens is 5. The smallest absolute Gasteiger partial charge is 0.256 e. The van der Waals surface area contributed by atoms with Crippen molar-refractivity contribution >= 4 is 45.9 Å². The van der Waals surface area contributed by atoms with Crippen molar-refractivity contribution < 1.29 is 4.79 Å². The fourth-order valence-corrected chi connectivity index (χ4v) is 4.40. The van der Waals surface area contributed by atoms with Crippen molar-refractivity contribution in [1.29, 1.82) is 0 Å². The lowest BCUT2D eigenvalue weighted by Crippen LogP contribution is -2.36. The monoisotopic (exact) mass is 500 g/mol. The molecule has 11 heteroatoms. The Balaban J connectivity index is 1.38. The summed E-state index contributed by atoms with van der Waals surface area (Å²) in [6, 6.07) is 12.0. The molecule has 0 atom stereocenters. The molecule has 0 bridgehead atoms. The van der Waals surface area contributed by atoms with Crippen LogP contribution in [0.1, 0.15) is 30.1 Å². The second-order valence-electron chi connectivity index (χ2n) is 9.24. The molecular weight excluding hydrogens is 468 g/mol. The van der Waals surface area contributed by atoms with E-state index >= 15 is 0 Å². The number of aryl methyl sites for hydroxylation is 1. The molecule has 4 heterocycles. The number of hydrogen-bond acceptors (Lipinski definition) is 9. The number of hydrogen-bond donors (Lipinski definition) is 4. The van der Waals surface area contributed by atoms with Crippen molar-refractivity contribution in [3.63, 3.8) is 0 Å². The lowest BCUT2D eigenvalue weighted by atomic mass is 10.1. The normalized spacial score (nSPS) is 14.5. The van der Waals surface area contributed by atoms with E-state index in [1.165, 1.54) is 6.20 Å². The van der Waals surface area contributed by atoms with Crippen LogP contribution in [0.3, 0.4) is 0 Å². The van der Waals surface area contributed by atoms with Crippen LogP contribution in [0.4, 0.5) is 29.1 Å². The van der Waals surface area contributed by atoms with E-state index in [0.29, 0.717) is 35.7 Å². The minimum absolute atomic E-state index is 0.256. The number of anilines is 5. The van der Waals surface area contributed by atoms with Crippen LogP contribution in [0.15, 0.2) is 48.8 Å².